The Morgan fingerprint density at radius 3 is 2.48 bits per heavy atom. The van der Waals surface area contributed by atoms with Crippen LogP contribution in [-0.2, 0) is 10.2 Å². The van der Waals surface area contributed by atoms with Crippen LogP contribution in [0.3, 0.4) is 0 Å². The zero-order valence-corrected chi connectivity index (χ0v) is 16.9. The third-order valence-corrected chi connectivity index (χ3v) is 5.69. The minimum atomic E-state index is -3.73. The van der Waals surface area contributed by atoms with Crippen LogP contribution < -0.4 is 19.5 Å². The fourth-order valence-corrected chi connectivity index (χ4v) is 3.95. The molecule has 2 heterocycles. The molecule has 0 aromatic heterocycles. The predicted octanol–water partition coefficient (Wildman–Crippen LogP) is 5.27. The summed E-state index contributed by atoms with van der Waals surface area (Å²) in [6.07, 6.45) is -3.73. The molecule has 158 valence electrons. The summed E-state index contributed by atoms with van der Waals surface area (Å²) in [6, 6.07) is 18.3. The number of fused-ring (bicyclic) bond motifs is 2. The van der Waals surface area contributed by atoms with Crippen LogP contribution in [0.2, 0.25) is 0 Å². The van der Waals surface area contributed by atoms with Crippen molar-refractivity contribution in [2.45, 2.75) is 25.6 Å². The summed E-state index contributed by atoms with van der Waals surface area (Å²) in [5, 5.41) is 2.94. The van der Waals surface area contributed by atoms with Crippen molar-refractivity contribution in [3.8, 4) is 28.4 Å². The monoisotopic (exact) mass is 423 g/mol. The summed E-state index contributed by atoms with van der Waals surface area (Å²) in [4.78, 5) is 13.2. The normalized spacial score (nSPS) is 20.1. The van der Waals surface area contributed by atoms with E-state index in [1.807, 2.05) is 49.4 Å². The molecule has 1 unspecified atom stereocenters. The van der Waals surface area contributed by atoms with Crippen LogP contribution in [-0.4, -0.2) is 18.8 Å². The first-order valence-corrected chi connectivity index (χ1v) is 9.80. The molecule has 0 bridgehead atoms. The Labute approximate surface area is 177 Å². The first-order valence-electron chi connectivity index (χ1n) is 9.80. The number of hydrogen-bond acceptors (Lipinski definition) is 4. The van der Waals surface area contributed by atoms with E-state index in [4.69, 9.17) is 4.74 Å². The van der Waals surface area contributed by atoms with E-state index in [-0.39, 0.29) is 24.0 Å². The molecular weight excluding hydrogens is 404 g/mol. The molecular formula is C24H19F2NO4. The molecule has 0 radical (unpaired) electrons. The first-order chi connectivity index (χ1) is 14.7. The van der Waals surface area contributed by atoms with E-state index in [1.165, 1.54) is 12.1 Å². The van der Waals surface area contributed by atoms with Crippen LogP contribution in [0.5, 0.6) is 17.2 Å². The van der Waals surface area contributed by atoms with Crippen molar-refractivity contribution in [1.29, 1.82) is 0 Å². The van der Waals surface area contributed by atoms with E-state index in [0.717, 1.165) is 16.7 Å². The van der Waals surface area contributed by atoms with Crippen molar-refractivity contribution >= 4 is 11.6 Å². The van der Waals surface area contributed by atoms with Crippen LogP contribution in [0, 0.1) is 6.92 Å². The molecule has 5 nitrogen and oxygen atoms in total. The number of nitrogens with one attached hydrogen (secondary N) is 1. The second kappa shape index (κ2) is 6.70. The van der Waals surface area contributed by atoms with Gasteiger partial charge in [0.2, 0.25) is 5.91 Å². The van der Waals surface area contributed by atoms with Crippen LogP contribution in [0.4, 0.5) is 14.5 Å². The lowest BCUT2D eigenvalue weighted by Gasteiger charge is -2.22. The lowest BCUT2D eigenvalue weighted by molar-refractivity contribution is -0.286. The molecule has 31 heavy (non-hydrogen) atoms. The Bertz CT molecular complexity index is 1210. The fraction of sp³-hybridized carbons (Fsp3) is 0.208. The van der Waals surface area contributed by atoms with Gasteiger partial charge in [0.15, 0.2) is 11.5 Å². The zero-order valence-electron chi connectivity index (χ0n) is 16.9. The number of ether oxygens (including phenoxy) is 3. The molecule has 0 aliphatic carbocycles. The number of carbonyl (C=O) groups is 1. The lowest BCUT2D eigenvalue weighted by atomic mass is 9.83. The minimum Gasteiger partial charge on any atom is -0.492 e. The Hall–Kier alpha value is -3.61. The molecule has 0 saturated carbocycles. The molecule has 1 N–H and O–H groups in total. The van der Waals surface area contributed by atoms with Crippen LogP contribution in [0.1, 0.15) is 18.1 Å². The summed E-state index contributed by atoms with van der Waals surface area (Å²) in [6.45, 7) is 3.81. The molecule has 1 atom stereocenters. The van der Waals surface area contributed by atoms with E-state index in [2.05, 4.69) is 14.8 Å². The van der Waals surface area contributed by atoms with Gasteiger partial charge in [-0.2, -0.15) is 0 Å². The van der Waals surface area contributed by atoms with E-state index in [1.54, 1.807) is 13.0 Å². The maximum Gasteiger partial charge on any atom is 0.586 e. The zero-order chi connectivity index (χ0) is 21.8. The number of halogens is 2. The van der Waals surface area contributed by atoms with Crippen molar-refractivity contribution in [1.82, 2.24) is 0 Å². The lowest BCUT2D eigenvalue weighted by Crippen LogP contribution is -2.39. The standard InChI is InChI=1S/C24H19F2NO4/c1-14-6-3-4-9-17(14)15-7-5-8-16(10-15)27-22(28)23(2)13-29-19-12-21-20(11-18(19)23)30-24(25,26)31-21/h3-12H,13H2,1-2H3,(H,27,28). The van der Waals surface area contributed by atoms with Crippen molar-refractivity contribution < 1.29 is 27.8 Å². The van der Waals surface area contributed by atoms with Gasteiger partial charge in [-0.3, -0.25) is 4.79 Å². The number of carbonyl (C=O) groups excluding carboxylic acids is 1. The minimum absolute atomic E-state index is 0.0743. The van der Waals surface area contributed by atoms with Crippen molar-refractivity contribution in [3.63, 3.8) is 0 Å². The largest absolute Gasteiger partial charge is 0.586 e. The van der Waals surface area contributed by atoms with Crippen molar-refractivity contribution in [2.75, 3.05) is 11.9 Å². The Kier molecular flexibility index (Phi) is 4.18. The first kappa shape index (κ1) is 19.4. The van der Waals surface area contributed by atoms with Crippen LogP contribution in [0.15, 0.2) is 60.7 Å². The fourth-order valence-electron chi connectivity index (χ4n) is 3.95. The number of hydrogen-bond donors (Lipinski definition) is 1. The van der Waals surface area contributed by atoms with E-state index in [0.29, 0.717) is 17.0 Å². The molecule has 0 spiro atoms. The number of amides is 1. The maximum absolute atomic E-state index is 13.4. The number of benzene rings is 3. The summed E-state index contributed by atoms with van der Waals surface area (Å²) < 4.78 is 41.5. The molecule has 3 aromatic rings. The Balaban J connectivity index is 1.43. The molecule has 0 saturated heterocycles. The molecule has 7 heteroatoms. The van der Waals surface area contributed by atoms with Gasteiger partial charge in [-0.05, 0) is 48.7 Å². The van der Waals surface area contributed by atoms with Gasteiger partial charge in [0.05, 0.1) is 0 Å². The van der Waals surface area contributed by atoms with Gasteiger partial charge in [-0.1, -0.05) is 36.4 Å². The molecule has 1 amide bonds. The highest BCUT2D eigenvalue weighted by molar-refractivity contribution is 6.00. The quantitative estimate of drug-likeness (QED) is 0.623. The third-order valence-electron chi connectivity index (χ3n) is 5.69. The SMILES string of the molecule is Cc1ccccc1-c1cccc(NC(=O)C2(C)COc3cc4c(cc32)OC(F)(F)O4)c1. The van der Waals surface area contributed by atoms with Gasteiger partial charge >= 0.3 is 6.29 Å². The topological polar surface area (TPSA) is 56.8 Å². The molecule has 2 aliphatic heterocycles. The number of rotatable bonds is 3. The van der Waals surface area contributed by atoms with Gasteiger partial charge in [-0.25, -0.2) is 0 Å². The third kappa shape index (κ3) is 3.26. The van der Waals surface area contributed by atoms with E-state index in [9.17, 15) is 13.6 Å². The van der Waals surface area contributed by atoms with Crippen LogP contribution >= 0.6 is 0 Å². The van der Waals surface area contributed by atoms with Gasteiger partial charge in [0, 0.05) is 17.3 Å². The maximum atomic E-state index is 13.4. The van der Waals surface area contributed by atoms with Crippen LogP contribution in [0.25, 0.3) is 11.1 Å². The number of anilines is 1. The number of alkyl halides is 2. The van der Waals surface area contributed by atoms with Crippen molar-refractivity contribution in [3.05, 3.63) is 71.8 Å². The summed E-state index contributed by atoms with van der Waals surface area (Å²) >= 11 is 0. The second-order valence-electron chi connectivity index (χ2n) is 7.93. The van der Waals surface area contributed by atoms with Gasteiger partial charge in [-0.15, -0.1) is 8.78 Å². The highest BCUT2D eigenvalue weighted by Gasteiger charge is 2.48. The average Bonchev–Trinajstić information content (AvgIpc) is 3.22. The molecule has 0 fully saturated rings. The summed E-state index contributed by atoms with van der Waals surface area (Å²) in [7, 11) is 0. The Morgan fingerprint density at radius 1 is 0.968 bits per heavy atom. The molecule has 3 aromatic carbocycles. The number of aryl methyl sites for hydroxylation is 1. The molecule has 5 rings (SSSR count). The van der Waals surface area contributed by atoms with E-state index < -0.39 is 11.7 Å². The summed E-state index contributed by atoms with van der Waals surface area (Å²) in [5.41, 5.74) is 3.21. The Morgan fingerprint density at radius 2 is 1.71 bits per heavy atom. The van der Waals surface area contributed by atoms with Crippen molar-refractivity contribution in [2.24, 2.45) is 0 Å². The van der Waals surface area contributed by atoms with E-state index >= 15 is 0 Å². The average molecular weight is 423 g/mol. The smallest absolute Gasteiger partial charge is 0.492 e. The van der Waals surface area contributed by atoms with Gasteiger partial charge in [0.25, 0.3) is 0 Å². The predicted molar refractivity (Wildman–Crippen MR) is 111 cm³/mol. The van der Waals surface area contributed by atoms with Gasteiger partial charge < -0.3 is 19.5 Å². The highest BCUT2D eigenvalue weighted by Crippen LogP contribution is 2.50. The van der Waals surface area contributed by atoms with Gasteiger partial charge in [0.1, 0.15) is 17.8 Å². The summed E-state index contributed by atoms with van der Waals surface area (Å²) in [5.74, 6) is -0.209. The highest BCUT2D eigenvalue weighted by atomic mass is 19.3. The second-order valence-corrected chi connectivity index (χ2v) is 7.93. The molecule has 2 aliphatic rings.